The van der Waals surface area contributed by atoms with Gasteiger partial charge in [0.2, 0.25) is 0 Å². The van der Waals surface area contributed by atoms with Gasteiger partial charge >= 0.3 is 6.18 Å². The highest BCUT2D eigenvalue weighted by molar-refractivity contribution is 5.85. The maximum atomic E-state index is 12.4. The molecule has 0 saturated carbocycles. The van der Waals surface area contributed by atoms with Crippen molar-refractivity contribution in [3.63, 3.8) is 0 Å². The van der Waals surface area contributed by atoms with Gasteiger partial charge in [-0.2, -0.15) is 13.2 Å². The van der Waals surface area contributed by atoms with E-state index in [0.29, 0.717) is 12.1 Å². The van der Waals surface area contributed by atoms with E-state index < -0.39 is 12.2 Å². The van der Waals surface area contributed by atoms with Crippen molar-refractivity contribution in [1.82, 2.24) is 4.98 Å². The third kappa shape index (κ3) is 3.63. The number of aryl methyl sites for hydroxylation is 1. The fourth-order valence-electron chi connectivity index (χ4n) is 1.69. The second-order valence-corrected chi connectivity index (χ2v) is 3.78. The summed E-state index contributed by atoms with van der Waals surface area (Å²) in [4.78, 5) is 3.97. The topological polar surface area (TPSA) is 50.9 Å². The van der Waals surface area contributed by atoms with E-state index in [1.165, 1.54) is 6.07 Å². The zero-order valence-corrected chi connectivity index (χ0v) is 11.0. The van der Waals surface area contributed by atoms with E-state index in [0.717, 1.165) is 18.7 Å². The van der Waals surface area contributed by atoms with Gasteiger partial charge < -0.3 is 11.1 Å². The standard InChI is InChI=1S/C10H12F3N3.2ClH/c11-10(12,13)9(14)8-4-3-6-7(16-8)2-1-5-15-6;;/h3-4,9,15H,1-2,5,14H2;2*1H. The van der Waals surface area contributed by atoms with Gasteiger partial charge in [-0.25, -0.2) is 0 Å². The number of hydrogen-bond acceptors (Lipinski definition) is 3. The molecule has 0 saturated heterocycles. The molecule has 1 aliphatic rings. The zero-order valence-electron chi connectivity index (χ0n) is 9.33. The summed E-state index contributed by atoms with van der Waals surface area (Å²) in [6.45, 7) is 0.833. The number of rotatable bonds is 1. The smallest absolute Gasteiger partial charge is 0.384 e. The average molecular weight is 304 g/mol. The number of hydrogen-bond donors (Lipinski definition) is 2. The summed E-state index contributed by atoms with van der Waals surface area (Å²) in [7, 11) is 0. The first-order valence-electron chi connectivity index (χ1n) is 5.04. The van der Waals surface area contributed by atoms with E-state index in [4.69, 9.17) is 5.73 Å². The van der Waals surface area contributed by atoms with Gasteiger partial charge in [-0.1, -0.05) is 0 Å². The number of anilines is 1. The van der Waals surface area contributed by atoms with Gasteiger partial charge in [0.05, 0.1) is 17.1 Å². The molecule has 0 spiro atoms. The maximum absolute atomic E-state index is 12.4. The SMILES string of the molecule is Cl.Cl.NC(c1ccc2c(n1)CCCN2)C(F)(F)F. The highest BCUT2D eigenvalue weighted by Crippen LogP contribution is 2.31. The summed E-state index contributed by atoms with van der Waals surface area (Å²) in [5, 5.41) is 3.08. The first-order chi connectivity index (χ1) is 7.48. The van der Waals surface area contributed by atoms with Crippen LogP contribution in [-0.2, 0) is 6.42 Å². The number of nitrogens with one attached hydrogen (secondary N) is 1. The Morgan fingerprint density at radius 1 is 1.28 bits per heavy atom. The Morgan fingerprint density at radius 2 is 1.94 bits per heavy atom. The van der Waals surface area contributed by atoms with Crippen molar-refractivity contribution in [3.8, 4) is 0 Å². The van der Waals surface area contributed by atoms with Gasteiger partial charge in [-0.15, -0.1) is 24.8 Å². The summed E-state index contributed by atoms with van der Waals surface area (Å²) in [5.41, 5.74) is 6.46. The Kier molecular flexibility index (Phi) is 6.19. The molecule has 18 heavy (non-hydrogen) atoms. The van der Waals surface area contributed by atoms with Gasteiger partial charge in [0.25, 0.3) is 0 Å². The molecule has 0 aliphatic carbocycles. The lowest BCUT2D eigenvalue weighted by atomic mass is 10.1. The van der Waals surface area contributed by atoms with Gasteiger partial charge in [-0.3, -0.25) is 4.98 Å². The molecule has 0 fully saturated rings. The van der Waals surface area contributed by atoms with Crippen LogP contribution in [0.15, 0.2) is 12.1 Å². The Morgan fingerprint density at radius 3 is 2.56 bits per heavy atom. The van der Waals surface area contributed by atoms with E-state index in [1.807, 2.05) is 0 Å². The normalized spacial score (nSPS) is 15.6. The lowest BCUT2D eigenvalue weighted by Gasteiger charge is -2.20. The molecule has 3 nitrogen and oxygen atoms in total. The van der Waals surface area contributed by atoms with Crippen molar-refractivity contribution in [2.45, 2.75) is 25.1 Å². The number of nitrogens with zero attached hydrogens (tertiary/aromatic N) is 1. The molecule has 0 bridgehead atoms. The molecule has 0 radical (unpaired) electrons. The van der Waals surface area contributed by atoms with Crippen molar-refractivity contribution in [2.75, 3.05) is 11.9 Å². The minimum atomic E-state index is -4.44. The van der Waals surface area contributed by atoms with Crippen LogP contribution in [0.2, 0.25) is 0 Å². The van der Waals surface area contributed by atoms with Crippen molar-refractivity contribution < 1.29 is 13.2 Å². The quantitative estimate of drug-likeness (QED) is 0.839. The molecule has 1 atom stereocenters. The van der Waals surface area contributed by atoms with E-state index in [-0.39, 0.29) is 30.5 Å². The van der Waals surface area contributed by atoms with Crippen LogP contribution in [0.1, 0.15) is 23.9 Å². The minimum absolute atomic E-state index is 0. The second kappa shape index (κ2) is 6.45. The van der Waals surface area contributed by atoms with Gasteiger partial charge in [0.1, 0.15) is 6.04 Å². The molecular formula is C10H14Cl2F3N3. The highest BCUT2D eigenvalue weighted by atomic mass is 35.5. The lowest BCUT2D eigenvalue weighted by molar-refractivity contribution is -0.150. The zero-order chi connectivity index (χ0) is 11.8. The molecule has 1 unspecified atom stereocenters. The molecule has 2 heterocycles. The lowest BCUT2D eigenvalue weighted by Crippen LogP contribution is -2.30. The molecule has 3 N–H and O–H groups in total. The van der Waals surface area contributed by atoms with Crippen LogP contribution in [0.3, 0.4) is 0 Å². The van der Waals surface area contributed by atoms with Gasteiger partial charge in [0.15, 0.2) is 0 Å². The molecule has 2 rings (SSSR count). The van der Waals surface area contributed by atoms with Crippen molar-refractivity contribution in [1.29, 1.82) is 0 Å². The van der Waals surface area contributed by atoms with Crippen molar-refractivity contribution >= 4 is 30.5 Å². The third-order valence-corrected chi connectivity index (χ3v) is 2.57. The monoisotopic (exact) mass is 303 g/mol. The molecule has 0 amide bonds. The number of alkyl halides is 3. The Balaban J connectivity index is 0.00000144. The number of nitrogens with two attached hydrogens (primary N) is 1. The van der Waals surface area contributed by atoms with Crippen LogP contribution >= 0.6 is 24.8 Å². The molecule has 1 aromatic rings. The first kappa shape index (κ1) is 17.3. The average Bonchev–Trinajstić information content (AvgIpc) is 2.26. The Bertz CT molecular complexity index is 398. The second-order valence-electron chi connectivity index (χ2n) is 3.78. The van der Waals surface area contributed by atoms with Crippen LogP contribution in [-0.4, -0.2) is 17.7 Å². The largest absolute Gasteiger partial charge is 0.409 e. The molecule has 1 aromatic heterocycles. The highest BCUT2D eigenvalue weighted by Gasteiger charge is 2.39. The third-order valence-electron chi connectivity index (χ3n) is 2.57. The van der Waals surface area contributed by atoms with E-state index in [9.17, 15) is 13.2 Å². The fourth-order valence-corrected chi connectivity index (χ4v) is 1.69. The maximum Gasteiger partial charge on any atom is 0.409 e. The summed E-state index contributed by atoms with van der Waals surface area (Å²) in [6.07, 6.45) is -2.87. The van der Waals surface area contributed by atoms with Crippen LogP contribution < -0.4 is 11.1 Å². The summed E-state index contributed by atoms with van der Waals surface area (Å²) in [5.74, 6) is 0. The summed E-state index contributed by atoms with van der Waals surface area (Å²) < 4.78 is 37.2. The van der Waals surface area contributed by atoms with Crippen LogP contribution in [0.25, 0.3) is 0 Å². The molecule has 104 valence electrons. The number of halogens is 5. The Labute approximate surface area is 115 Å². The molecule has 1 aliphatic heterocycles. The van der Waals surface area contributed by atoms with E-state index >= 15 is 0 Å². The van der Waals surface area contributed by atoms with E-state index in [1.54, 1.807) is 6.07 Å². The van der Waals surface area contributed by atoms with Crippen LogP contribution in [0, 0.1) is 0 Å². The van der Waals surface area contributed by atoms with Gasteiger partial charge in [0, 0.05) is 6.54 Å². The van der Waals surface area contributed by atoms with Crippen molar-refractivity contribution in [2.24, 2.45) is 5.73 Å². The number of pyridine rings is 1. The minimum Gasteiger partial charge on any atom is -0.384 e. The van der Waals surface area contributed by atoms with Crippen molar-refractivity contribution in [3.05, 3.63) is 23.5 Å². The number of aromatic nitrogens is 1. The summed E-state index contributed by atoms with van der Waals surface area (Å²) in [6, 6.07) is 0.942. The molecule has 0 aromatic carbocycles. The molecule has 8 heteroatoms. The number of fused-ring (bicyclic) bond motifs is 1. The predicted octanol–water partition coefficient (Wildman–Crippen LogP) is 2.85. The summed E-state index contributed by atoms with van der Waals surface area (Å²) >= 11 is 0. The van der Waals surface area contributed by atoms with Gasteiger partial charge in [-0.05, 0) is 25.0 Å². The molecular weight excluding hydrogens is 290 g/mol. The predicted molar refractivity (Wildman–Crippen MR) is 68.5 cm³/mol. The van der Waals surface area contributed by atoms with E-state index in [2.05, 4.69) is 10.3 Å². The Hall–Kier alpha value is -0.720. The first-order valence-corrected chi connectivity index (χ1v) is 5.04. The fraction of sp³-hybridized carbons (Fsp3) is 0.500. The van der Waals surface area contributed by atoms with Crippen LogP contribution in [0.4, 0.5) is 18.9 Å². The van der Waals surface area contributed by atoms with Crippen LogP contribution in [0.5, 0.6) is 0 Å².